The van der Waals surface area contributed by atoms with Gasteiger partial charge in [0, 0.05) is 42.7 Å². The Bertz CT molecular complexity index is 573. The highest BCUT2D eigenvalue weighted by Gasteiger charge is 2.29. The fourth-order valence-corrected chi connectivity index (χ4v) is 3.38. The first kappa shape index (κ1) is 15.5. The second-order valence-electron chi connectivity index (χ2n) is 5.91. The van der Waals surface area contributed by atoms with Crippen molar-refractivity contribution in [3.05, 3.63) is 46.5 Å². The van der Waals surface area contributed by atoms with Gasteiger partial charge in [0.15, 0.2) is 0 Å². The fourth-order valence-electron chi connectivity index (χ4n) is 3.15. The largest absolute Gasteiger partial charge is 0.352 e. The number of carbonyl (C=O) groups excluding carboxylic acids is 1. The molecule has 118 valence electrons. The maximum atomic E-state index is 12.3. The quantitative estimate of drug-likeness (QED) is 0.817. The summed E-state index contributed by atoms with van der Waals surface area (Å²) in [7, 11) is 0. The van der Waals surface area contributed by atoms with Gasteiger partial charge in [-0.05, 0) is 30.9 Å². The molecule has 0 aliphatic carbocycles. The number of amides is 1. The third kappa shape index (κ3) is 3.69. The molecule has 2 N–H and O–H groups in total. The number of aryl methyl sites for hydroxylation is 1. The molecule has 5 heteroatoms. The normalized spacial score (nSPS) is 23.8. The zero-order valence-corrected chi connectivity index (χ0v) is 13.4. The second kappa shape index (κ2) is 7.27. The number of nitrogens with zero attached hydrogens (tertiary/aromatic N) is 1. The Hall–Kier alpha value is -1.36. The summed E-state index contributed by atoms with van der Waals surface area (Å²) in [5, 5.41) is 6.04. The molecule has 2 unspecified atom stereocenters. The van der Waals surface area contributed by atoms with E-state index in [2.05, 4.69) is 21.8 Å². The van der Waals surface area contributed by atoms with E-state index in [0.717, 1.165) is 55.1 Å². The van der Waals surface area contributed by atoms with Gasteiger partial charge >= 0.3 is 0 Å². The second-order valence-corrected chi connectivity index (χ2v) is 6.32. The first-order valence-corrected chi connectivity index (χ1v) is 8.32. The van der Waals surface area contributed by atoms with Crippen molar-refractivity contribution in [2.45, 2.75) is 19.3 Å². The molecule has 2 bridgehead atoms. The Balaban J connectivity index is 1.46. The van der Waals surface area contributed by atoms with Crippen molar-refractivity contribution in [3.63, 3.8) is 0 Å². The van der Waals surface area contributed by atoms with Crippen LogP contribution < -0.4 is 10.7 Å². The van der Waals surface area contributed by atoms with Crippen LogP contribution in [0.25, 0.3) is 0 Å². The van der Waals surface area contributed by atoms with Gasteiger partial charge in [0.25, 0.3) is 0 Å². The van der Waals surface area contributed by atoms with Crippen LogP contribution in [0.5, 0.6) is 0 Å². The summed E-state index contributed by atoms with van der Waals surface area (Å²) >= 11 is 6.14. The molecule has 2 atom stereocenters. The molecule has 1 aromatic rings. The van der Waals surface area contributed by atoms with E-state index < -0.39 is 0 Å². The highest BCUT2D eigenvalue weighted by molar-refractivity contribution is 6.31. The molecular formula is C17H22ClN3O. The molecule has 1 saturated heterocycles. The van der Waals surface area contributed by atoms with Gasteiger partial charge in [0.2, 0.25) is 5.91 Å². The van der Waals surface area contributed by atoms with Crippen molar-refractivity contribution in [2.24, 2.45) is 5.92 Å². The molecule has 3 rings (SSSR count). The number of halogens is 1. The zero-order valence-electron chi connectivity index (χ0n) is 12.6. The molecule has 1 amide bonds. The van der Waals surface area contributed by atoms with Crippen molar-refractivity contribution in [1.82, 2.24) is 15.8 Å². The zero-order chi connectivity index (χ0) is 15.4. The molecule has 2 aliphatic heterocycles. The van der Waals surface area contributed by atoms with E-state index in [9.17, 15) is 4.79 Å². The lowest BCUT2D eigenvalue weighted by Gasteiger charge is -2.37. The summed E-state index contributed by atoms with van der Waals surface area (Å²) in [6, 6.07) is 7.88. The Labute approximate surface area is 136 Å². The topological polar surface area (TPSA) is 44.4 Å². The third-order valence-corrected chi connectivity index (χ3v) is 4.74. The van der Waals surface area contributed by atoms with Crippen LogP contribution in [0.15, 0.2) is 35.9 Å². The number of nitrogens with one attached hydrogen (secondary N) is 2. The van der Waals surface area contributed by atoms with E-state index in [4.69, 9.17) is 11.6 Å². The van der Waals surface area contributed by atoms with Crippen LogP contribution >= 0.6 is 11.6 Å². The Morgan fingerprint density at radius 1 is 1.41 bits per heavy atom. The van der Waals surface area contributed by atoms with Crippen molar-refractivity contribution in [2.75, 3.05) is 26.2 Å². The molecule has 4 nitrogen and oxygen atoms in total. The predicted molar refractivity (Wildman–Crippen MR) is 88.5 cm³/mol. The standard InChI is InChI=1S/C17H22ClN3O/c18-16-6-2-1-4-13(16)5-3-9-19-17(22)15-8-11-21-12-14(15)7-10-20-21/h1-2,4,6,8,14,20H,3,5,7,9-12H2,(H,19,22). The fraction of sp³-hybridized carbons (Fsp3) is 0.471. The molecule has 0 aromatic heterocycles. The molecule has 1 aromatic carbocycles. The summed E-state index contributed by atoms with van der Waals surface area (Å²) in [5.74, 6) is 0.476. The van der Waals surface area contributed by atoms with E-state index in [1.807, 2.05) is 24.3 Å². The van der Waals surface area contributed by atoms with E-state index in [-0.39, 0.29) is 5.91 Å². The van der Waals surface area contributed by atoms with Crippen LogP contribution in [0.1, 0.15) is 18.4 Å². The van der Waals surface area contributed by atoms with Gasteiger partial charge in [0.1, 0.15) is 0 Å². The average molecular weight is 320 g/mol. The molecule has 0 radical (unpaired) electrons. The van der Waals surface area contributed by atoms with Crippen LogP contribution in [0.4, 0.5) is 0 Å². The third-order valence-electron chi connectivity index (χ3n) is 4.37. The number of hydrazine groups is 1. The molecule has 22 heavy (non-hydrogen) atoms. The lowest BCUT2D eigenvalue weighted by Crippen LogP contribution is -2.51. The van der Waals surface area contributed by atoms with Crippen molar-refractivity contribution >= 4 is 17.5 Å². The number of rotatable bonds is 5. The minimum Gasteiger partial charge on any atom is -0.352 e. The molecular weight excluding hydrogens is 298 g/mol. The maximum absolute atomic E-state index is 12.3. The summed E-state index contributed by atoms with van der Waals surface area (Å²) in [6.45, 7) is 3.41. The van der Waals surface area contributed by atoms with Crippen molar-refractivity contribution in [1.29, 1.82) is 0 Å². The number of hydrogen-bond donors (Lipinski definition) is 2. The van der Waals surface area contributed by atoms with Crippen LogP contribution in [-0.4, -0.2) is 37.1 Å². The van der Waals surface area contributed by atoms with Crippen LogP contribution in [-0.2, 0) is 11.2 Å². The Kier molecular flexibility index (Phi) is 5.13. The molecule has 1 fully saturated rings. The highest BCUT2D eigenvalue weighted by atomic mass is 35.5. The van der Waals surface area contributed by atoms with E-state index in [1.54, 1.807) is 0 Å². The average Bonchev–Trinajstić information content (AvgIpc) is 2.53. The van der Waals surface area contributed by atoms with Gasteiger partial charge < -0.3 is 5.32 Å². The minimum atomic E-state index is 0.103. The summed E-state index contributed by atoms with van der Waals surface area (Å²) < 4.78 is 0. The summed E-state index contributed by atoms with van der Waals surface area (Å²) in [4.78, 5) is 12.3. The SMILES string of the molecule is O=C(NCCCc1ccccc1Cl)C1=CCN2CC1CCN2. The first-order valence-electron chi connectivity index (χ1n) is 7.94. The molecule has 2 aliphatic rings. The van der Waals surface area contributed by atoms with E-state index in [1.165, 1.54) is 0 Å². The molecule has 0 spiro atoms. The maximum Gasteiger partial charge on any atom is 0.247 e. The first-order chi connectivity index (χ1) is 10.7. The van der Waals surface area contributed by atoms with E-state index in [0.29, 0.717) is 12.5 Å². The predicted octanol–water partition coefficient (Wildman–Crippen LogP) is 2.16. The summed E-state index contributed by atoms with van der Waals surface area (Å²) in [5.41, 5.74) is 5.44. The number of fused-ring (bicyclic) bond motifs is 2. The van der Waals surface area contributed by atoms with Crippen LogP contribution in [0.3, 0.4) is 0 Å². The van der Waals surface area contributed by atoms with E-state index >= 15 is 0 Å². The van der Waals surface area contributed by atoms with Crippen LogP contribution in [0, 0.1) is 5.92 Å². The van der Waals surface area contributed by atoms with Gasteiger partial charge in [-0.3, -0.25) is 10.2 Å². The molecule has 0 saturated carbocycles. The van der Waals surface area contributed by atoms with Crippen molar-refractivity contribution < 1.29 is 4.79 Å². The van der Waals surface area contributed by atoms with Gasteiger partial charge in [0.05, 0.1) is 0 Å². The monoisotopic (exact) mass is 319 g/mol. The minimum absolute atomic E-state index is 0.103. The number of benzene rings is 1. The highest BCUT2D eigenvalue weighted by Crippen LogP contribution is 2.23. The summed E-state index contributed by atoms with van der Waals surface area (Å²) in [6.07, 6.45) is 4.89. The smallest absolute Gasteiger partial charge is 0.247 e. The molecule has 2 heterocycles. The Morgan fingerprint density at radius 3 is 3.14 bits per heavy atom. The van der Waals surface area contributed by atoms with Gasteiger partial charge in [-0.25, -0.2) is 5.01 Å². The van der Waals surface area contributed by atoms with Gasteiger partial charge in [-0.2, -0.15) is 0 Å². The lowest BCUT2D eigenvalue weighted by molar-refractivity contribution is -0.118. The van der Waals surface area contributed by atoms with Crippen molar-refractivity contribution in [3.8, 4) is 0 Å². The van der Waals surface area contributed by atoms with Gasteiger partial charge in [-0.15, -0.1) is 0 Å². The number of hydrogen-bond acceptors (Lipinski definition) is 3. The van der Waals surface area contributed by atoms with Crippen LogP contribution in [0.2, 0.25) is 5.02 Å². The van der Waals surface area contributed by atoms with Gasteiger partial charge in [-0.1, -0.05) is 35.9 Å². The lowest BCUT2D eigenvalue weighted by atomic mass is 9.90. The number of carbonyl (C=O) groups is 1. The Morgan fingerprint density at radius 2 is 2.27 bits per heavy atom.